The number of benzene rings is 2. The third kappa shape index (κ3) is 3.93. The van der Waals surface area contributed by atoms with Crippen molar-refractivity contribution in [3.63, 3.8) is 0 Å². The molecule has 0 amide bonds. The molecule has 4 aromatic rings. The van der Waals surface area contributed by atoms with Crippen molar-refractivity contribution in [2.75, 3.05) is 4.90 Å². The Morgan fingerprint density at radius 1 is 0.839 bits per heavy atom. The fourth-order valence-electron chi connectivity index (χ4n) is 4.03. The first-order valence-corrected chi connectivity index (χ1v) is 11.8. The number of nitrogens with one attached hydrogen (secondary N) is 1. The second-order valence-electron chi connectivity index (χ2n) is 7.26. The van der Waals surface area contributed by atoms with Gasteiger partial charge in [0.25, 0.3) is 0 Å². The molecule has 154 valence electrons. The Labute approximate surface area is 203 Å². The second-order valence-corrected chi connectivity index (χ2v) is 9.47. The molecule has 2 aromatic heterocycles. The van der Waals surface area contributed by atoms with Crippen LogP contribution in [0.5, 0.6) is 0 Å². The van der Waals surface area contributed by atoms with Crippen LogP contribution in [0, 0.1) is 0 Å². The maximum absolute atomic E-state index is 5.82. The Hall–Kier alpha value is -2.48. The smallest absolute Gasteiger partial charge is 0.174 e. The third-order valence-electron chi connectivity index (χ3n) is 5.37. The molecule has 0 aliphatic carbocycles. The molecule has 2 aromatic carbocycles. The van der Waals surface area contributed by atoms with Crippen LogP contribution < -0.4 is 10.2 Å². The van der Waals surface area contributed by atoms with Gasteiger partial charge in [0.05, 0.1) is 11.7 Å². The van der Waals surface area contributed by atoms with Crippen molar-refractivity contribution in [2.45, 2.75) is 12.1 Å². The molecule has 1 aliphatic rings. The van der Waals surface area contributed by atoms with Crippen molar-refractivity contribution in [1.82, 2.24) is 14.9 Å². The zero-order chi connectivity index (χ0) is 21.4. The fraction of sp³-hybridized carbons (Fsp3) is 0.0833. The van der Waals surface area contributed by atoms with E-state index in [9.17, 15) is 0 Å². The van der Waals surface area contributed by atoms with Crippen molar-refractivity contribution in [1.29, 1.82) is 0 Å². The molecule has 0 spiro atoms. The Kier molecular flexibility index (Phi) is 5.65. The van der Waals surface area contributed by atoms with Crippen LogP contribution >= 0.6 is 44.1 Å². The lowest BCUT2D eigenvalue weighted by Crippen LogP contribution is -2.30. The molecule has 31 heavy (non-hydrogen) atoms. The van der Waals surface area contributed by atoms with Crippen LogP contribution in [-0.2, 0) is 0 Å². The van der Waals surface area contributed by atoms with Gasteiger partial charge in [0.2, 0.25) is 0 Å². The molecule has 1 saturated heterocycles. The molecule has 1 fully saturated rings. The normalized spacial score (nSPS) is 18.3. The van der Waals surface area contributed by atoms with Crippen molar-refractivity contribution in [3.8, 4) is 5.69 Å². The molecule has 1 N–H and O–H groups in total. The number of rotatable bonds is 4. The van der Waals surface area contributed by atoms with E-state index >= 15 is 0 Å². The lowest BCUT2D eigenvalue weighted by atomic mass is 10.0. The fourth-order valence-corrected chi connectivity index (χ4v) is 5.03. The van der Waals surface area contributed by atoms with Crippen LogP contribution in [0.3, 0.4) is 0 Å². The van der Waals surface area contributed by atoms with Gasteiger partial charge < -0.3 is 14.8 Å². The van der Waals surface area contributed by atoms with Gasteiger partial charge in [-0.1, -0.05) is 44.0 Å². The maximum Gasteiger partial charge on any atom is 0.174 e. The minimum Gasteiger partial charge on any atom is -0.351 e. The number of nitrogens with zero attached hydrogens (tertiary/aromatic N) is 3. The van der Waals surface area contributed by atoms with Gasteiger partial charge in [-0.05, 0) is 78.9 Å². The predicted octanol–water partition coefficient (Wildman–Crippen LogP) is 6.57. The summed E-state index contributed by atoms with van der Waals surface area (Å²) in [5.41, 5.74) is 4.20. The Morgan fingerprint density at radius 3 is 2.42 bits per heavy atom. The summed E-state index contributed by atoms with van der Waals surface area (Å²) in [6, 6.07) is 26.6. The summed E-state index contributed by atoms with van der Waals surface area (Å²) in [4.78, 5) is 6.83. The van der Waals surface area contributed by atoms with Gasteiger partial charge in [-0.15, -0.1) is 0 Å². The summed E-state index contributed by atoms with van der Waals surface area (Å²) in [5.74, 6) is 0. The third-order valence-corrected chi connectivity index (χ3v) is 6.71. The molecule has 7 heteroatoms. The van der Waals surface area contributed by atoms with E-state index in [1.807, 2.05) is 48.7 Å². The average Bonchev–Trinajstić information content (AvgIpc) is 3.39. The van der Waals surface area contributed by atoms with Crippen molar-refractivity contribution >= 4 is 54.9 Å². The molecule has 3 heterocycles. The van der Waals surface area contributed by atoms with Gasteiger partial charge in [0.15, 0.2) is 5.11 Å². The highest BCUT2D eigenvalue weighted by atomic mass is 79.9. The summed E-state index contributed by atoms with van der Waals surface area (Å²) >= 11 is 13.0. The highest BCUT2D eigenvalue weighted by Gasteiger charge is 2.42. The Balaban J connectivity index is 1.67. The minimum atomic E-state index is -0.0850. The van der Waals surface area contributed by atoms with E-state index < -0.39 is 0 Å². The second kappa shape index (κ2) is 8.57. The molecule has 0 radical (unpaired) electrons. The van der Waals surface area contributed by atoms with Gasteiger partial charge in [-0.25, -0.2) is 0 Å². The standard InChI is InChI=1S/C24H18Br2N4S/c25-16-9-11-18(12-10-16)30-23(22(28-24(30)31)20-7-1-2-13-27-20)21-8-4-14-29(21)19-6-3-5-17(26)15-19/h1-15,22-23H,(H,28,31). The van der Waals surface area contributed by atoms with Crippen molar-refractivity contribution in [3.05, 3.63) is 112 Å². The summed E-state index contributed by atoms with van der Waals surface area (Å²) < 4.78 is 4.28. The Bertz CT molecular complexity index is 1220. The summed E-state index contributed by atoms with van der Waals surface area (Å²) in [5, 5.41) is 4.21. The quantitative estimate of drug-likeness (QED) is 0.290. The SMILES string of the molecule is S=C1NC(c2ccccn2)C(c2cccn2-c2cccc(Br)c2)N1c1ccc(Br)cc1. The predicted molar refractivity (Wildman–Crippen MR) is 136 cm³/mol. The summed E-state index contributed by atoms with van der Waals surface area (Å²) in [6.07, 6.45) is 3.92. The molecule has 5 rings (SSSR count). The van der Waals surface area contributed by atoms with Gasteiger partial charge >= 0.3 is 0 Å². The molecular formula is C24H18Br2N4S. The first-order chi connectivity index (χ1) is 15.1. The largest absolute Gasteiger partial charge is 0.351 e. The number of anilines is 1. The lowest BCUT2D eigenvalue weighted by Gasteiger charge is -2.29. The lowest BCUT2D eigenvalue weighted by molar-refractivity contribution is 0.549. The average molecular weight is 554 g/mol. The van der Waals surface area contributed by atoms with Crippen LogP contribution in [0.1, 0.15) is 23.5 Å². The van der Waals surface area contributed by atoms with E-state index in [1.165, 1.54) is 0 Å². The first kappa shape index (κ1) is 20.4. The molecule has 2 unspecified atom stereocenters. The van der Waals surface area contributed by atoms with E-state index in [0.29, 0.717) is 5.11 Å². The number of hydrogen-bond donors (Lipinski definition) is 1. The van der Waals surface area contributed by atoms with Crippen LogP contribution in [0.4, 0.5) is 5.69 Å². The summed E-state index contributed by atoms with van der Waals surface area (Å²) in [7, 11) is 0. The molecule has 0 bridgehead atoms. The van der Waals surface area contributed by atoms with Crippen molar-refractivity contribution < 1.29 is 0 Å². The van der Waals surface area contributed by atoms with Gasteiger partial charge in [0.1, 0.15) is 6.04 Å². The van der Waals surface area contributed by atoms with E-state index in [-0.39, 0.29) is 12.1 Å². The summed E-state index contributed by atoms with van der Waals surface area (Å²) in [6.45, 7) is 0. The van der Waals surface area contributed by atoms with E-state index in [0.717, 1.165) is 31.7 Å². The number of halogens is 2. The topological polar surface area (TPSA) is 33.1 Å². The minimum absolute atomic E-state index is 0.0717. The monoisotopic (exact) mass is 552 g/mol. The maximum atomic E-state index is 5.82. The highest BCUT2D eigenvalue weighted by Crippen LogP contribution is 2.42. The highest BCUT2D eigenvalue weighted by molar-refractivity contribution is 9.10. The molecule has 4 nitrogen and oxygen atoms in total. The molecule has 2 atom stereocenters. The number of aromatic nitrogens is 2. The van der Waals surface area contributed by atoms with E-state index in [4.69, 9.17) is 12.2 Å². The van der Waals surface area contributed by atoms with Crippen LogP contribution in [0.25, 0.3) is 5.69 Å². The molecule has 1 aliphatic heterocycles. The number of hydrogen-bond acceptors (Lipinski definition) is 2. The van der Waals surface area contributed by atoms with Gasteiger partial charge in [-0.2, -0.15) is 0 Å². The van der Waals surface area contributed by atoms with Gasteiger partial charge in [-0.3, -0.25) is 4.98 Å². The first-order valence-electron chi connectivity index (χ1n) is 9.81. The number of thiocarbonyl (C=S) groups is 1. The van der Waals surface area contributed by atoms with Crippen molar-refractivity contribution in [2.24, 2.45) is 0 Å². The molecular weight excluding hydrogens is 536 g/mol. The zero-order valence-electron chi connectivity index (χ0n) is 16.3. The molecule has 0 saturated carbocycles. The van der Waals surface area contributed by atoms with E-state index in [1.54, 1.807) is 0 Å². The van der Waals surface area contributed by atoms with Gasteiger partial charge in [0, 0.05) is 38.4 Å². The zero-order valence-corrected chi connectivity index (χ0v) is 20.3. The Morgan fingerprint density at radius 2 is 1.68 bits per heavy atom. The van der Waals surface area contributed by atoms with E-state index in [2.05, 4.69) is 94.2 Å². The number of pyridine rings is 1. The van der Waals surface area contributed by atoms with Crippen LogP contribution in [0.2, 0.25) is 0 Å². The van der Waals surface area contributed by atoms with Crippen LogP contribution in [0.15, 0.2) is 100 Å². The van der Waals surface area contributed by atoms with Crippen LogP contribution in [-0.4, -0.2) is 14.7 Å².